The van der Waals surface area contributed by atoms with Gasteiger partial charge < -0.3 is 39.8 Å². The first-order chi connectivity index (χ1) is 27.7. The van der Waals surface area contributed by atoms with E-state index in [4.69, 9.17) is 33.7 Å². The minimum absolute atomic E-state index is 0.0638. The third-order valence-electron chi connectivity index (χ3n) is 10.3. The Morgan fingerprint density at radius 2 is 1.56 bits per heavy atom. The second-order valence-corrected chi connectivity index (χ2v) is 16.2. The first kappa shape index (κ1) is 46.5. The van der Waals surface area contributed by atoms with Crippen LogP contribution in [0.15, 0.2) is 36.7 Å². The van der Waals surface area contributed by atoms with Gasteiger partial charge in [-0.15, -0.1) is 0 Å². The molecule has 1 saturated heterocycles. The molecule has 1 aliphatic rings. The van der Waals surface area contributed by atoms with Crippen LogP contribution in [0.25, 0.3) is 5.52 Å². The smallest absolute Gasteiger partial charge is 0.472 e. The molecule has 15 nitrogen and oxygen atoms in total. The number of rotatable bonds is 30. The van der Waals surface area contributed by atoms with Gasteiger partial charge in [0.25, 0.3) is 0 Å². The van der Waals surface area contributed by atoms with Crippen LogP contribution >= 0.6 is 7.82 Å². The Balaban J connectivity index is 1.18. The average molecular weight is 818 g/mol. The second-order valence-electron chi connectivity index (χ2n) is 14.8. The number of hydrogen-bond donors (Lipinski definition) is 4. The molecule has 318 valence electrons. The highest BCUT2D eigenvalue weighted by molar-refractivity contribution is 7.47. The predicted molar refractivity (Wildman–Crippen MR) is 215 cm³/mol. The quantitative estimate of drug-likeness (QED) is 0.0383. The number of phosphoric acid groups is 1. The van der Waals surface area contributed by atoms with E-state index >= 15 is 0 Å². The highest BCUT2D eigenvalue weighted by atomic mass is 31.2. The van der Waals surface area contributed by atoms with Crippen LogP contribution in [-0.2, 0) is 34.4 Å². The molecule has 3 aromatic rings. The topological polar surface area (TPSA) is 213 Å². The van der Waals surface area contributed by atoms with Crippen LogP contribution in [-0.4, -0.2) is 87.7 Å². The van der Waals surface area contributed by atoms with Gasteiger partial charge >= 0.3 is 7.82 Å². The molecule has 0 aliphatic carbocycles. The lowest BCUT2D eigenvalue weighted by Gasteiger charge is -2.22. The largest absolute Gasteiger partial charge is 0.496 e. The third kappa shape index (κ3) is 15.5. The molecule has 3 heterocycles. The summed E-state index contributed by atoms with van der Waals surface area (Å²) in [6, 6.07) is 10.4. The predicted octanol–water partition coefficient (Wildman–Crippen LogP) is 7.35. The fourth-order valence-corrected chi connectivity index (χ4v) is 7.72. The lowest BCUT2D eigenvalue weighted by atomic mass is 10.0. The van der Waals surface area contributed by atoms with Crippen molar-refractivity contribution in [2.24, 2.45) is 0 Å². The number of methoxy groups -OCH3 is 1. The second kappa shape index (κ2) is 25.4. The van der Waals surface area contributed by atoms with Gasteiger partial charge in [0.15, 0.2) is 5.82 Å². The summed E-state index contributed by atoms with van der Waals surface area (Å²) in [6.45, 7) is 2.02. The van der Waals surface area contributed by atoms with E-state index in [-0.39, 0.29) is 25.6 Å². The van der Waals surface area contributed by atoms with Crippen molar-refractivity contribution >= 4 is 19.2 Å². The zero-order valence-electron chi connectivity index (χ0n) is 33.7. The molecular formula is C41H64N5O10P. The van der Waals surface area contributed by atoms with E-state index < -0.39 is 44.9 Å². The molecule has 0 saturated carbocycles. The molecule has 6 atom stereocenters. The van der Waals surface area contributed by atoms with E-state index in [9.17, 15) is 24.9 Å². The number of nitrogen functional groups attached to an aromatic ring is 1. The summed E-state index contributed by atoms with van der Waals surface area (Å²) in [5.74, 6) is 0.699. The molecule has 0 radical (unpaired) electrons. The number of nitriles is 1. The Morgan fingerprint density at radius 3 is 2.19 bits per heavy atom. The van der Waals surface area contributed by atoms with Crippen LogP contribution < -0.4 is 10.5 Å². The number of phosphoric ester groups is 1. The lowest BCUT2D eigenvalue weighted by Crippen LogP contribution is -2.33. The summed E-state index contributed by atoms with van der Waals surface area (Å²) in [5, 5.41) is 34.9. The first-order valence-electron chi connectivity index (χ1n) is 20.6. The third-order valence-corrected chi connectivity index (χ3v) is 11.3. The highest BCUT2D eigenvalue weighted by Crippen LogP contribution is 2.45. The normalized spacial score (nSPS) is 19.8. The van der Waals surface area contributed by atoms with Gasteiger partial charge in [0.2, 0.25) is 0 Å². The molecule has 0 spiro atoms. The van der Waals surface area contributed by atoms with Gasteiger partial charge in [-0.2, -0.15) is 10.4 Å². The Hall–Kier alpha value is -3.16. The van der Waals surface area contributed by atoms with Gasteiger partial charge in [-0.05, 0) is 30.7 Å². The maximum absolute atomic E-state index is 13.0. The Morgan fingerprint density at radius 1 is 0.912 bits per heavy atom. The highest BCUT2D eigenvalue weighted by Gasteiger charge is 2.45. The van der Waals surface area contributed by atoms with Crippen molar-refractivity contribution < 1.29 is 47.7 Å². The van der Waals surface area contributed by atoms with Crippen molar-refractivity contribution in [3.8, 4) is 11.8 Å². The van der Waals surface area contributed by atoms with E-state index in [0.717, 1.165) is 19.3 Å². The number of benzene rings is 1. The van der Waals surface area contributed by atoms with Crippen LogP contribution in [0.5, 0.6) is 5.75 Å². The van der Waals surface area contributed by atoms with Crippen LogP contribution in [0.3, 0.4) is 0 Å². The summed E-state index contributed by atoms with van der Waals surface area (Å²) in [7, 11) is -3.18. The van der Waals surface area contributed by atoms with Gasteiger partial charge in [-0.3, -0.25) is 9.05 Å². The SMILES string of the molecule is CCCCCCCCCCCCCCCCCCOC[C@@H](COP(=O)(O)OC[C@H]1O[C@@H](c2ccc3c(N)ncnn23)[C@H](O)[C@@H]1O)OCc1ccc(C#N)cc1OC. The average Bonchev–Trinajstić information content (AvgIpc) is 3.77. The molecule has 16 heteroatoms. The van der Waals surface area contributed by atoms with Crippen molar-refractivity contribution in [1.29, 1.82) is 5.26 Å². The Bertz CT molecular complexity index is 1690. The molecular weight excluding hydrogens is 753 g/mol. The minimum atomic E-state index is -4.68. The van der Waals surface area contributed by atoms with Crippen LogP contribution in [0.1, 0.15) is 133 Å². The summed E-state index contributed by atoms with van der Waals surface area (Å²) >= 11 is 0. The van der Waals surface area contributed by atoms with Crippen LogP contribution in [0.2, 0.25) is 0 Å². The van der Waals surface area contributed by atoms with E-state index in [1.807, 2.05) is 0 Å². The molecule has 1 aliphatic heterocycles. The number of nitrogens with two attached hydrogens (primary N) is 1. The van der Waals surface area contributed by atoms with Gasteiger partial charge in [0.1, 0.15) is 48.1 Å². The summed E-state index contributed by atoms with van der Waals surface area (Å²) in [5.41, 5.74) is 7.93. The van der Waals surface area contributed by atoms with Gasteiger partial charge in [0.05, 0.1) is 50.9 Å². The molecule has 0 amide bonds. The number of aromatic nitrogens is 3. The van der Waals surface area contributed by atoms with Crippen molar-refractivity contribution in [3.63, 3.8) is 0 Å². The zero-order chi connectivity index (χ0) is 40.9. The first-order valence-corrected chi connectivity index (χ1v) is 22.1. The molecule has 5 N–H and O–H groups in total. The number of ether oxygens (including phenoxy) is 4. The molecule has 1 aromatic carbocycles. The van der Waals surface area contributed by atoms with E-state index in [1.165, 1.54) is 101 Å². The number of anilines is 1. The van der Waals surface area contributed by atoms with Gasteiger partial charge in [0, 0.05) is 12.2 Å². The van der Waals surface area contributed by atoms with Crippen LogP contribution in [0.4, 0.5) is 5.82 Å². The standard InChI is InChI=1S/C41H64N5O10P/c1-3-4-5-6-7-8-9-10-11-12-13-14-15-16-17-18-23-52-27-33(53-26-32-20-19-31(25-42)24-36(32)51-2)28-54-57(49,50)55-29-37-38(47)39(48)40(56-37)34-21-22-35-41(43)44-30-45-46(34)35/h19-22,24,30,33,37-40,47-48H,3-18,23,26-29H2,1-2H3,(H,49,50)(H2,43,44,45)/t33-,37+,38+,39+,40-/m0/s1. The maximum atomic E-state index is 13.0. The van der Waals surface area contributed by atoms with E-state index in [1.54, 1.807) is 30.3 Å². The van der Waals surface area contributed by atoms with Crippen molar-refractivity contribution in [2.45, 2.75) is 147 Å². The number of aliphatic hydroxyl groups excluding tert-OH is 2. The summed E-state index contributed by atoms with van der Waals surface area (Å²) < 4.78 is 48.3. The van der Waals surface area contributed by atoms with Crippen molar-refractivity contribution in [2.75, 3.05) is 39.3 Å². The van der Waals surface area contributed by atoms with Gasteiger partial charge in [-0.25, -0.2) is 14.1 Å². The lowest BCUT2D eigenvalue weighted by molar-refractivity contribution is -0.0558. The van der Waals surface area contributed by atoms with E-state index in [0.29, 0.717) is 34.7 Å². The fourth-order valence-electron chi connectivity index (χ4n) is 6.95. The maximum Gasteiger partial charge on any atom is 0.472 e. The minimum Gasteiger partial charge on any atom is -0.496 e. The molecule has 57 heavy (non-hydrogen) atoms. The van der Waals surface area contributed by atoms with Crippen LogP contribution in [0, 0.1) is 11.3 Å². The summed E-state index contributed by atoms with van der Waals surface area (Å²) in [6.07, 6.45) is 16.0. The van der Waals surface area contributed by atoms with E-state index in [2.05, 4.69) is 23.1 Å². The number of unbranched alkanes of at least 4 members (excludes halogenated alkanes) is 15. The molecule has 1 unspecified atom stereocenters. The fraction of sp³-hybridized carbons (Fsp3) is 0.683. The zero-order valence-corrected chi connectivity index (χ0v) is 34.6. The molecule has 2 aromatic heterocycles. The van der Waals surface area contributed by atoms with Crippen molar-refractivity contribution in [1.82, 2.24) is 14.6 Å². The number of aliphatic hydroxyl groups is 2. The monoisotopic (exact) mass is 817 g/mol. The number of nitrogens with zero attached hydrogens (tertiary/aromatic N) is 4. The Labute approximate surface area is 337 Å². The molecule has 4 rings (SSSR count). The summed E-state index contributed by atoms with van der Waals surface area (Å²) in [4.78, 5) is 14.5. The van der Waals surface area contributed by atoms with Gasteiger partial charge in [-0.1, -0.05) is 109 Å². The molecule has 0 bridgehead atoms. The number of fused-ring (bicyclic) bond motifs is 1. The van der Waals surface area contributed by atoms with Crippen molar-refractivity contribution in [3.05, 3.63) is 53.5 Å². The molecule has 1 fully saturated rings. The number of hydrogen-bond acceptors (Lipinski definition) is 13. The Kier molecular flexibility index (Phi) is 20.7.